The molecular weight excluding hydrogens is 329 g/mol. The van der Waals surface area contributed by atoms with Gasteiger partial charge >= 0.3 is 43.4 Å². The molecule has 0 amide bonds. The van der Waals surface area contributed by atoms with Gasteiger partial charge in [-0.1, -0.05) is 0 Å². The molecular formula is C6H14N2O8Ru+7. The van der Waals surface area contributed by atoms with Crippen LogP contribution in [0, 0.1) is 0 Å². The van der Waals surface area contributed by atoms with Crippen molar-refractivity contribution in [3.63, 3.8) is 0 Å². The van der Waals surface area contributed by atoms with Gasteiger partial charge in [-0.15, -0.1) is 0 Å². The van der Waals surface area contributed by atoms with Crippen molar-refractivity contribution in [2.24, 2.45) is 0 Å². The summed E-state index contributed by atoms with van der Waals surface area (Å²) in [5.74, 6) is -5.85. The first-order chi connectivity index (χ1) is 7.20. The number of rotatable bonds is 1. The normalized spacial score (nSPS) is 6.94. The van der Waals surface area contributed by atoms with E-state index in [-0.39, 0.29) is 32.6 Å². The molecule has 0 aromatic rings. The van der Waals surface area contributed by atoms with Crippen LogP contribution < -0.4 is 0 Å². The van der Waals surface area contributed by atoms with Gasteiger partial charge in [-0.2, -0.15) is 13.1 Å². The molecule has 0 saturated carbocycles. The number of carbonyl (C=O) groups is 4. The zero-order valence-electron chi connectivity index (χ0n) is 8.40. The Morgan fingerprint density at radius 3 is 0.765 bits per heavy atom. The molecule has 0 bridgehead atoms. The number of carbonyl (C=O) groups excluding carboxylic acids is 4. The summed E-state index contributed by atoms with van der Waals surface area (Å²) in [5.41, 5.74) is 12.5. The van der Waals surface area contributed by atoms with Crippen LogP contribution >= 0.6 is 0 Å². The second-order valence-corrected chi connectivity index (χ2v) is 1.82. The Hall–Kier alpha value is -1.58. The van der Waals surface area contributed by atoms with Crippen LogP contribution in [0.2, 0.25) is 0 Å². The van der Waals surface area contributed by atoms with Gasteiger partial charge < -0.3 is 31.9 Å². The van der Waals surface area contributed by atoms with Gasteiger partial charge in [0.05, 0.1) is 19.2 Å². The maximum absolute atomic E-state index is 9.27. The molecule has 0 aromatic heterocycles. The Labute approximate surface area is 108 Å². The van der Waals surface area contributed by atoms with E-state index in [1.807, 2.05) is 0 Å². The third-order valence-electron chi connectivity index (χ3n) is 0.537. The van der Waals surface area contributed by atoms with Crippen molar-refractivity contribution in [3.8, 4) is 0 Å². The molecule has 0 rings (SSSR count). The Balaban J connectivity index is -0.0000000741. The molecule has 0 fully saturated rings. The molecule has 0 aliphatic rings. The van der Waals surface area contributed by atoms with E-state index >= 15 is 0 Å². The predicted molar refractivity (Wildman–Crippen MR) is 52.9 cm³/mol. The minimum atomic E-state index is -1.46. The summed E-state index contributed by atoms with van der Waals surface area (Å²) in [4.78, 5) is 37.1. The van der Waals surface area contributed by atoms with E-state index in [1.54, 1.807) is 0 Å². The van der Waals surface area contributed by atoms with Gasteiger partial charge in [-0.05, 0) is 0 Å². The minimum Gasteiger partial charge on any atom is -0.679 e. The molecule has 0 aliphatic heterocycles. The van der Waals surface area contributed by atoms with Crippen LogP contribution in [-0.4, -0.2) is 57.4 Å². The molecule has 0 saturated heterocycles. The Morgan fingerprint density at radius 1 is 0.647 bits per heavy atom. The van der Waals surface area contributed by atoms with Gasteiger partial charge in [-0.3, -0.25) is 0 Å². The van der Waals surface area contributed by atoms with Crippen molar-refractivity contribution < 1.29 is 59.1 Å². The van der Waals surface area contributed by atoms with Crippen LogP contribution in [0.1, 0.15) is 0 Å². The summed E-state index contributed by atoms with van der Waals surface area (Å²) < 4.78 is 0. The molecule has 0 aliphatic carbocycles. The topological polar surface area (TPSA) is 207 Å². The largest absolute Gasteiger partial charge is 5.00 e. The fraction of sp³-hybridized carbons (Fsp3) is 0.333. The van der Waals surface area contributed by atoms with Gasteiger partial charge in [0.2, 0.25) is 0 Å². The minimum absolute atomic E-state index is 0. The van der Waals surface area contributed by atoms with Crippen molar-refractivity contribution in [1.29, 1.82) is 0 Å². The Bertz CT molecular complexity index is 206. The smallest absolute Gasteiger partial charge is 0.679 e. The Kier molecular flexibility index (Phi) is 24.4. The fourth-order valence-corrected chi connectivity index (χ4v) is 0. The van der Waals surface area contributed by atoms with E-state index in [9.17, 15) is 19.2 Å². The predicted octanol–water partition coefficient (Wildman–Crippen LogP) is -3.93. The van der Waals surface area contributed by atoms with Crippen molar-refractivity contribution >= 4 is 23.9 Å². The second kappa shape index (κ2) is 16.8. The molecule has 97 valence electrons. The molecule has 10 N–H and O–H groups in total. The van der Waals surface area contributed by atoms with Crippen molar-refractivity contribution in [3.05, 3.63) is 11.5 Å². The molecule has 0 atom stereocenters. The summed E-state index contributed by atoms with van der Waals surface area (Å²) in [6, 6.07) is 0. The molecule has 1 radical (unpaired) electrons. The van der Waals surface area contributed by atoms with Crippen LogP contribution in [0.25, 0.3) is 11.5 Å². The standard InChI is InChI=1S/C2H6N2.2C2H2O4.Ru/c3-1-2-4;2*3-1(4)2(5)6;/h3-4H,1-2H2;2*(H,3,4)(H,5,6);/q-2;;;+5/p+4. The summed E-state index contributed by atoms with van der Waals surface area (Å²) in [5, 5.41) is 23.4. The quantitative estimate of drug-likeness (QED) is 0.265. The third kappa shape index (κ3) is 40.4. The first-order valence-electron chi connectivity index (χ1n) is 3.52. The van der Waals surface area contributed by atoms with Gasteiger partial charge in [0.15, 0.2) is 0 Å². The van der Waals surface area contributed by atoms with Crippen LogP contribution in [0.5, 0.6) is 0 Å². The van der Waals surface area contributed by atoms with Crippen LogP contribution in [0.4, 0.5) is 0 Å². The average molecular weight is 343 g/mol. The second-order valence-electron chi connectivity index (χ2n) is 1.82. The summed E-state index contributed by atoms with van der Waals surface area (Å²) in [6.45, 7) is 0.472. The van der Waals surface area contributed by atoms with Crippen LogP contribution in [0.15, 0.2) is 0 Å². The molecule has 0 spiro atoms. The van der Waals surface area contributed by atoms with Gasteiger partial charge in [0.1, 0.15) is 0 Å². The monoisotopic (exact) mass is 344 g/mol. The molecule has 10 nitrogen and oxygen atoms in total. The first kappa shape index (κ1) is 24.6. The number of nitrogens with one attached hydrogen (secondary N) is 2. The SMILES string of the molecule is O=C([OH2+])C(=O)[OH2+].O=C([OH2+])C(=O)[OH2+].[NH-]CC[NH-].[Ru+5]. The van der Waals surface area contributed by atoms with E-state index in [2.05, 4.69) is 0 Å². The fourth-order valence-electron chi connectivity index (χ4n) is 0. The maximum atomic E-state index is 9.27. The first-order valence-corrected chi connectivity index (χ1v) is 3.52. The molecule has 0 heterocycles. The molecule has 0 aromatic carbocycles. The summed E-state index contributed by atoms with van der Waals surface area (Å²) in [6.07, 6.45) is 0. The average Bonchev–Trinajstić information content (AvgIpc) is 2.18. The third-order valence-corrected chi connectivity index (χ3v) is 0.537. The van der Waals surface area contributed by atoms with E-state index < -0.39 is 23.9 Å². The van der Waals surface area contributed by atoms with Crippen molar-refractivity contribution in [1.82, 2.24) is 0 Å². The summed E-state index contributed by atoms with van der Waals surface area (Å²) in [7, 11) is 0. The van der Waals surface area contributed by atoms with Crippen molar-refractivity contribution in [2.45, 2.75) is 0 Å². The van der Waals surface area contributed by atoms with Crippen LogP contribution in [-0.2, 0) is 38.7 Å². The van der Waals surface area contributed by atoms with E-state index in [1.165, 1.54) is 0 Å². The van der Waals surface area contributed by atoms with E-state index in [0.29, 0.717) is 0 Å². The van der Waals surface area contributed by atoms with Gasteiger partial charge in [0, 0.05) is 0 Å². The van der Waals surface area contributed by atoms with Gasteiger partial charge in [-0.25, -0.2) is 0 Å². The maximum Gasteiger partial charge on any atom is 5.00 e. The van der Waals surface area contributed by atoms with Crippen molar-refractivity contribution in [2.75, 3.05) is 13.1 Å². The van der Waals surface area contributed by atoms with Crippen LogP contribution in [0.3, 0.4) is 0 Å². The molecule has 11 heteroatoms. The molecule has 17 heavy (non-hydrogen) atoms. The Morgan fingerprint density at radius 2 is 0.765 bits per heavy atom. The zero-order chi connectivity index (χ0) is 13.7. The van der Waals surface area contributed by atoms with E-state index in [0.717, 1.165) is 0 Å². The van der Waals surface area contributed by atoms with Gasteiger partial charge in [0.25, 0.3) is 0 Å². The van der Waals surface area contributed by atoms with E-state index in [4.69, 9.17) is 31.9 Å². The summed E-state index contributed by atoms with van der Waals surface area (Å²) >= 11 is 0. The zero-order valence-corrected chi connectivity index (χ0v) is 10.1. The molecule has 0 unspecified atom stereocenters. The number of hydrogen-bond acceptors (Lipinski definition) is 4. The number of hydrogen-bond donors (Lipinski definition) is 0.